The molecule has 0 aliphatic heterocycles. The first-order valence-corrected chi connectivity index (χ1v) is 21.6. The highest BCUT2D eigenvalue weighted by Gasteiger charge is 2.41. The van der Waals surface area contributed by atoms with Gasteiger partial charge in [0.1, 0.15) is 11.2 Å². The maximum atomic E-state index is 6.31. The molecular weight excluding hydrogens is 707 g/mol. The molecule has 0 spiro atoms. The zero-order chi connectivity index (χ0) is 37.8. The maximum Gasteiger partial charge on any atom is 0.179 e. The molecule has 0 atom stereocenters. The molecule has 0 saturated carbocycles. The van der Waals surface area contributed by atoms with Gasteiger partial charge in [0.25, 0.3) is 0 Å². The Kier molecular flexibility index (Phi) is 7.87. The van der Waals surface area contributed by atoms with Crippen LogP contribution in [0.1, 0.15) is 0 Å². The van der Waals surface area contributed by atoms with Crippen LogP contribution in [-0.4, -0.2) is 8.07 Å². The number of hydrogen-bond acceptors (Lipinski definition) is 2. The van der Waals surface area contributed by atoms with Gasteiger partial charge in [-0.1, -0.05) is 176 Å². The number of furan rings is 1. The number of nitrogens with zero attached hydrogens (tertiary/aromatic N) is 1. The molecular formula is C54H37NOSi. The quantitative estimate of drug-likeness (QED) is 0.0918. The molecule has 0 bridgehead atoms. The number of rotatable bonds is 7. The van der Waals surface area contributed by atoms with Crippen LogP contribution in [0.5, 0.6) is 0 Å². The van der Waals surface area contributed by atoms with Crippen molar-refractivity contribution in [2.75, 3.05) is 4.90 Å². The van der Waals surface area contributed by atoms with Crippen molar-refractivity contribution < 1.29 is 4.42 Å². The summed E-state index contributed by atoms with van der Waals surface area (Å²) in [5.74, 6) is 0. The summed E-state index contributed by atoms with van der Waals surface area (Å²) in [6.07, 6.45) is 0. The van der Waals surface area contributed by atoms with Gasteiger partial charge in [-0.05, 0) is 102 Å². The van der Waals surface area contributed by atoms with Crippen molar-refractivity contribution in [1.82, 2.24) is 0 Å². The Morgan fingerprint density at radius 3 is 1.18 bits per heavy atom. The second-order valence-corrected chi connectivity index (χ2v) is 18.6. The fourth-order valence-electron chi connectivity index (χ4n) is 9.26. The van der Waals surface area contributed by atoms with E-state index in [1.165, 1.54) is 53.1 Å². The third kappa shape index (κ3) is 5.31. The topological polar surface area (TPSA) is 16.4 Å². The van der Waals surface area contributed by atoms with Crippen LogP contribution in [0.25, 0.3) is 54.3 Å². The highest BCUT2D eigenvalue weighted by molar-refractivity contribution is 7.19. The summed E-state index contributed by atoms with van der Waals surface area (Å²) < 4.78 is 6.31. The second kappa shape index (κ2) is 13.5. The van der Waals surface area contributed by atoms with E-state index in [1.807, 2.05) is 12.1 Å². The summed E-state index contributed by atoms with van der Waals surface area (Å²) in [5.41, 5.74) is 5.04. The average Bonchev–Trinajstić information content (AvgIpc) is 3.67. The Balaban J connectivity index is 1.15. The zero-order valence-electron chi connectivity index (χ0n) is 31.2. The van der Waals surface area contributed by atoms with Gasteiger partial charge < -0.3 is 9.32 Å². The third-order valence-electron chi connectivity index (χ3n) is 11.8. The van der Waals surface area contributed by atoms with Gasteiger partial charge in [0.15, 0.2) is 8.07 Å². The Bertz CT molecular complexity index is 3100. The van der Waals surface area contributed by atoms with E-state index in [9.17, 15) is 0 Å². The monoisotopic (exact) mass is 743 g/mol. The molecule has 1 heterocycles. The fourth-order valence-corrected chi connectivity index (χ4v) is 14.0. The molecule has 10 aromatic carbocycles. The van der Waals surface area contributed by atoms with Crippen molar-refractivity contribution in [1.29, 1.82) is 0 Å². The molecule has 268 valence electrons. The van der Waals surface area contributed by atoms with Crippen LogP contribution in [0.15, 0.2) is 229 Å². The largest absolute Gasteiger partial charge is 0.456 e. The van der Waals surface area contributed by atoms with E-state index in [0.29, 0.717) is 0 Å². The van der Waals surface area contributed by atoms with E-state index in [2.05, 4.69) is 217 Å². The molecule has 0 fully saturated rings. The van der Waals surface area contributed by atoms with Gasteiger partial charge in [-0.15, -0.1) is 0 Å². The Labute approximate surface area is 332 Å². The SMILES string of the molecule is c1ccc([Si](c2ccccc2)(c2ccccc2)c2ccc(N(c3ccc4oc5ccccc5c4c3)c3ccc4c5ccccc5c5ccccc5c4c3)cc2)cc1. The van der Waals surface area contributed by atoms with Crippen LogP contribution in [-0.2, 0) is 0 Å². The highest BCUT2D eigenvalue weighted by Crippen LogP contribution is 2.42. The molecule has 11 rings (SSSR count). The lowest BCUT2D eigenvalue weighted by Gasteiger charge is -2.35. The van der Waals surface area contributed by atoms with E-state index in [4.69, 9.17) is 4.42 Å². The summed E-state index contributed by atoms with van der Waals surface area (Å²) in [4.78, 5) is 2.41. The molecule has 0 aliphatic rings. The van der Waals surface area contributed by atoms with E-state index in [1.54, 1.807) is 0 Å². The average molecular weight is 744 g/mol. The van der Waals surface area contributed by atoms with Crippen LogP contribution in [0.3, 0.4) is 0 Å². The van der Waals surface area contributed by atoms with Crippen molar-refractivity contribution in [2.45, 2.75) is 0 Å². The van der Waals surface area contributed by atoms with Gasteiger partial charge in [0.2, 0.25) is 0 Å². The van der Waals surface area contributed by atoms with E-state index in [-0.39, 0.29) is 0 Å². The predicted molar refractivity (Wildman–Crippen MR) is 245 cm³/mol. The minimum absolute atomic E-state index is 0.885. The van der Waals surface area contributed by atoms with Crippen LogP contribution in [0.2, 0.25) is 0 Å². The molecule has 0 radical (unpaired) electrons. The van der Waals surface area contributed by atoms with Gasteiger partial charge in [0, 0.05) is 27.8 Å². The van der Waals surface area contributed by atoms with Gasteiger partial charge >= 0.3 is 0 Å². The molecule has 0 N–H and O–H groups in total. The van der Waals surface area contributed by atoms with Gasteiger partial charge in [-0.25, -0.2) is 0 Å². The first kappa shape index (κ1) is 33.2. The molecule has 0 saturated heterocycles. The number of hydrogen-bond donors (Lipinski definition) is 0. The predicted octanol–water partition coefficient (Wildman–Crippen LogP) is 11.9. The summed E-state index contributed by atoms with van der Waals surface area (Å²) in [7, 11) is -2.70. The number of para-hydroxylation sites is 1. The highest BCUT2D eigenvalue weighted by atomic mass is 28.3. The first-order valence-electron chi connectivity index (χ1n) is 19.6. The molecule has 11 aromatic rings. The molecule has 57 heavy (non-hydrogen) atoms. The fraction of sp³-hybridized carbons (Fsp3) is 0. The van der Waals surface area contributed by atoms with Gasteiger partial charge in [-0.3, -0.25) is 0 Å². The van der Waals surface area contributed by atoms with Crippen molar-refractivity contribution >= 4 is 100 Å². The van der Waals surface area contributed by atoms with Crippen LogP contribution in [0.4, 0.5) is 17.1 Å². The summed E-state index contributed by atoms with van der Waals surface area (Å²) in [6, 6.07) is 82.3. The molecule has 2 nitrogen and oxygen atoms in total. The molecule has 0 unspecified atom stereocenters. The molecule has 3 heteroatoms. The zero-order valence-corrected chi connectivity index (χ0v) is 32.2. The lowest BCUT2D eigenvalue weighted by Crippen LogP contribution is -2.74. The van der Waals surface area contributed by atoms with Gasteiger partial charge in [0.05, 0.1) is 0 Å². The first-order chi connectivity index (χ1) is 28.3. The number of benzene rings is 10. The number of anilines is 3. The van der Waals surface area contributed by atoms with Crippen molar-refractivity contribution in [3.05, 3.63) is 224 Å². The minimum atomic E-state index is -2.70. The lowest BCUT2D eigenvalue weighted by molar-refractivity contribution is 0.669. The van der Waals surface area contributed by atoms with E-state index >= 15 is 0 Å². The van der Waals surface area contributed by atoms with Crippen molar-refractivity contribution in [3.63, 3.8) is 0 Å². The van der Waals surface area contributed by atoms with Crippen molar-refractivity contribution in [2.24, 2.45) is 0 Å². The standard InChI is InChI=1S/C54H37NOSi/c1-4-16-41(17-5-1)57(42-18-6-2-7-19-42,43-20-8-3-9-21-43)44-32-28-38(29-33-44)55(40-31-35-54-52(37-40)50-26-14-15-27-53(50)56-54)39-30-34-49-47-24-11-10-22-45(47)46-23-12-13-25-48(46)51(49)36-39/h1-37H. The maximum absolute atomic E-state index is 6.31. The molecule has 0 aliphatic carbocycles. The Morgan fingerprint density at radius 2 is 0.632 bits per heavy atom. The summed E-state index contributed by atoms with van der Waals surface area (Å²) >= 11 is 0. The van der Waals surface area contributed by atoms with E-state index < -0.39 is 8.07 Å². The third-order valence-corrected chi connectivity index (χ3v) is 16.6. The molecule has 1 aromatic heterocycles. The molecule has 0 amide bonds. The van der Waals surface area contributed by atoms with Crippen LogP contribution >= 0.6 is 0 Å². The second-order valence-electron chi connectivity index (χ2n) is 14.8. The minimum Gasteiger partial charge on any atom is -0.456 e. The normalized spacial score (nSPS) is 11.9. The Hall–Kier alpha value is -7.20. The van der Waals surface area contributed by atoms with Gasteiger partial charge in [-0.2, -0.15) is 0 Å². The van der Waals surface area contributed by atoms with E-state index in [0.717, 1.165) is 39.0 Å². The van der Waals surface area contributed by atoms with Crippen molar-refractivity contribution in [3.8, 4) is 0 Å². The summed E-state index contributed by atoms with van der Waals surface area (Å²) in [5, 5.41) is 15.2. The number of fused-ring (bicyclic) bond motifs is 9. The lowest BCUT2D eigenvalue weighted by atomic mass is 9.94. The van der Waals surface area contributed by atoms with Crippen LogP contribution in [0, 0.1) is 0 Å². The Morgan fingerprint density at radius 1 is 0.263 bits per heavy atom. The van der Waals surface area contributed by atoms with Crippen LogP contribution < -0.4 is 25.6 Å². The summed E-state index contributed by atoms with van der Waals surface area (Å²) in [6.45, 7) is 0. The smallest absolute Gasteiger partial charge is 0.179 e.